The van der Waals surface area contributed by atoms with E-state index in [0.29, 0.717) is 18.9 Å². The lowest BCUT2D eigenvalue weighted by Crippen LogP contribution is -2.41. The van der Waals surface area contributed by atoms with Crippen molar-refractivity contribution in [3.63, 3.8) is 0 Å². The average molecular weight is 320 g/mol. The third kappa shape index (κ3) is 2.95. The number of aromatic nitrogens is 3. The van der Waals surface area contributed by atoms with Crippen LogP contribution in [0.5, 0.6) is 0 Å². The van der Waals surface area contributed by atoms with Crippen LogP contribution < -0.4 is 0 Å². The van der Waals surface area contributed by atoms with Gasteiger partial charge >= 0.3 is 0 Å². The highest BCUT2D eigenvalue weighted by Crippen LogP contribution is 2.24. The molecule has 0 radical (unpaired) electrons. The number of hydrogen-bond donors (Lipinski definition) is 0. The lowest BCUT2D eigenvalue weighted by Gasteiger charge is -2.33. The van der Waals surface area contributed by atoms with E-state index in [9.17, 15) is 13.6 Å². The Morgan fingerprint density at radius 1 is 1.26 bits per heavy atom. The van der Waals surface area contributed by atoms with E-state index in [0.717, 1.165) is 30.8 Å². The Bertz CT molecular complexity index is 723. The molecule has 1 saturated heterocycles. The summed E-state index contributed by atoms with van der Waals surface area (Å²) in [5.41, 5.74) is -0.486. The second-order valence-electron chi connectivity index (χ2n) is 5.79. The van der Waals surface area contributed by atoms with Crippen LogP contribution in [-0.4, -0.2) is 38.7 Å². The lowest BCUT2D eigenvalue weighted by molar-refractivity contribution is 0.0661. The minimum Gasteiger partial charge on any atom is -0.336 e. The van der Waals surface area contributed by atoms with E-state index in [1.807, 2.05) is 13.8 Å². The molecule has 0 saturated carbocycles. The fourth-order valence-corrected chi connectivity index (χ4v) is 3.08. The summed E-state index contributed by atoms with van der Waals surface area (Å²) in [5, 5.41) is 4.35. The van der Waals surface area contributed by atoms with E-state index >= 15 is 0 Å². The predicted molar refractivity (Wildman–Crippen MR) is 80.0 cm³/mol. The minimum absolute atomic E-state index is 0.0243. The molecule has 1 aliphatic rings. The van der Waals surface area contributed by atoms with Crippen LogP contribution in [-0.2, 0) is 0 Å². The number of amides is 1. The van der Waals surface area contributed by atoms with E-state index in [1.54, 1.807) is 4.68 Å². The van der Waals surface area contributed by atoms with Gasteiger partial charge in [0.25, 0.3) is 5.91 Å². The molecular weight excluding hydrogens is 302 g/mol. The molecule has 122 valence electrons. The van der Waals surface area contributed by atoms with E-state index < -0.39 is 23.1 Å². The number of nitrogens with zero attached hydrogens (tertiary/aromatic N) is 4. The Kier molecular flexibility index (Phi) is 4.11. The second kappa shape index (κ2) is 6.06. The van der Waals surface area contributed by atoms with Crippen LogP contribution in [0.1, 0.15) is 40.9 Å². The largest absolute Gasteiger partial charge is 0.336 e. The number of carbonyl (C=O) groups excluding carboxylic acids is 1. The van der Waals surface area contributed by atoms with Crippen molar-refractivity contribution < 1.29 is 13.6 Å². The van der Waals surface area contributed by atoms with E-state index in [2.05, 4.69) is 10.1 Å². The van der Waals surface area contributed by atoms with Crippen LogP contribution in [0.15, 0.2) is 18.2 Å². The second-order valence-corrected chi connectivity index (χ2v) is 5.79. The number of hydrogen-bond acceptors (Lipinski definition) is 3. The lowest BCUT2D eigenvalue weighted by atomic mass is 10.0. The Morgan fingerprint density at radius 3 is 2.57 bits per heavy atom. The van der Waals surface area contributed by atoms with Crippen LogP contribution in [0.25, 0.3) is 0 Å². The Labute approximate surface area is 132 Å². The molecule has 0 bridgehead atoms. The number of aryl methyl sites for hydroxylation is 2. The van der Waals surface area contributed by atoms with Gasteiger partial charge in [0, 0.05) is 13.1 Å². The molecule has 0 unspecified atom stereocenters. The number of carbonyl (C=O) groups is 1. The average Bonchev–Trinajstić information content (AvgIpc) is 2.86. The summed E-state index contributed by atoms with van der Waals surface area (Å²) < 4.78 is 29.5. The highest BCUT2D eigenvalue weighted by molar-refractivity contribution is 5.94. The standard InChI is InChI=1S/C16H18F2N4O/c1-10-19-11(2)22(20-10)12-5-4-8-21(9-12)16(23)15-13(17)6-3-7-14(15)18/h3,6-7,12H,4-5,8-9H2,1-2H3/t12-/m1/s1. The molecule has 0 aliphatic carbocycles. The van der Waals surface area contributed by atoms with E-state index in [1.165, 1.54) is 11.0 Å². The molecule has 1 amide bonds. The maximum atomic E-state index is 13.8. The number of likely N-dealkylation sites (tertiary alicyclic amines) is 1. The van der Waals surface area contributed by atoms with E-state index in [4.69, 9.17) is 0 Å². The van der Waals surface area contributed by atoms with Crippen LogP contribution in [0.3, 0.4) is 0 Å². The molecule has 2 heterocycles. The first-order valence-corrected chi connectivity index (χ1v) is 7.60. The van der Waals surface area contributed by atoms with Gasteiger partial charge in [0.1, 0.15) is 28.8 Å². The van der Waals surface area contributed by atoms with Crippen molar-refractivity contribution in [1.29, 1.82) is 0 Å². The molecule has 0 spiro atoms. The first-order valence-electron chi connectivity index (χ1n) is 7.60. The van der Waals surface area contributed by atoms with Gasteiger partial charge in [-0.25, -0.2) is 18.4 Å². The quantitative estimate of drug-likeness (QED) is 0.855. The van der Waals surface area contributed by atoms with Crippen molar-refractivity contribution in [1.82, 2.24) is 19.7 Å². The van der Waals surface area contributed by atoms with Crippen LogP contribution >= 0.6 is 0 Å². The third-order valence-electron chi connectivity index (χ3n) is 4.11. The van der Waals surface area contributed by atoms with Crippen molar-refractivity contribution in [3.8, 4) is 0 Å². The number of piperidine rings is 1. The zero-order valence-corrected chi connectivity index (χ0v) is 13.1. The summed E-state index contributed by atoms with van der Waals surface area (Å²) in [6.45, 7) is 4.52. The van der Waals surface area contributed by atoms with Gasteiger partial charge in [-0.15, -0.1) is 0 Å². The molecule has 7 heteroatoms. The monoisotopic (exact) mass is 320 g/mol. The van der Waals surface area contributed by atoms with Gasteiger partial charge in [-0.2, -0.15) is 5.10 Å². The SMILES string of the molecule is Cc1nc(C)n([C@@H]2CCCN(C(=O)c3c(F)cccc3F)C2)n1. The van der Waals surface area contributed by atoms with Crippen molar-refractivity contribution in [3.05, 3.63) is 47.0 Å². The molecule has 3 rings (SSSR count). The molecule has 5 nitrogen and oxygen atoms in total. The normalized spacial score (nSPS) is 18.3. The Hall–Kier alpha value is -2.31. The topological polar surface area (TPSA) is 51.0 Å². The van der Waals surface area contributed by atoms with E-state index in [-0.39, 0.29) is 6.04 Å². The maximum Gasteiger partial charge on any atom is 0.259 e. The van der Waals surface area contributed by atoms with Crippen LogP contribution in [0, 0.1) is 25.5 Å². The molecule has 0 N–H and O–H groups in total. The summed E-state index contributed by atoms with van der Waals surface area (Å²) in [4.78, 5) is 18.3. The molecule has 1 aliphatic heterocycles. The van der Waals surface area contributed by atoms with Crippen LogP contribution in [0.2, 0.25) is 0 Å². The summed E-state index contributed by atoms with van der Waals surface area (Å²) in [6, 6.07) is 3.43. The predicted octanol–water partition coefficient (Wildman–Crippen LogP) is 2.65. The molecule has 23 heavy (non-hydrogen) atoms. The molecule has 1 atom stereocenters. The van der Waals surface area contributed by atoms with Gasteiger partial charge < -0.3 is 4.90 Å². The van der Waals surface area contributed by atoms with Crippen molar-refractivity contribution in [2.24, 2.45) is 0 Å². The first kappa shape index (κ1) is 15.6. The highest BCUT2D eigenvalue weighted by Gasteiger charge is 2.29. The molecular formula is C16H18F2N4O. The molecule has 1 fully saturated rings. The number of rotatable bonds is 2. The van der Waals surface area contributed by atoms with Crippen molar-refractivity contribution >= 4 is 5.91 Å². The first-order chi connectivity index (χ1) is 11.0. The van der Waals surface area contributed by atoms with Crippen LogP contribution in [0.4, 0.5) is 8.78 Å². The Morgan fingerprint density at radius 2 is 1.96 bits per heavy atom. The van der Waals surface area contributed by atoms with Crippen molar-refractivity contribution in [2.45, 2.75) is 32.7 Å². The summed E-state index contributed by atoms with van der Waals surface area (Å²) in [5.74, 6) is -0.820. The third-order valence-corrected chi connectivity index (χ3v) is 4.11. The molecule has 2 aromatic rings. The van der Waals surface area contributed by atoms with Gasteiger partial charge in [0.15, 0.2) is 0 Å². The summed E-state index contributed by atoms with van der Waals surface area (Å²) >= 11 is 0. The summed E-state index contributed by atoms with van der Waals surface area (Å²) in [7, 11) is 0. The number of halogens is 2. The Balaban J connectivity index is 1.84. The molecule has 1 aromatic heterocycles. The maximum absolute atomic E-state index is 13.8. The zero-order chi connectivity index (χ0) is 16.6. The molecule has 1 aromatic carbocycles. The van der Waals surface area contributed by atoms with Gasteiger partial charge in [0.2, 0.25) is 0 Å². The van der Waals surface area contributed by atoms with Gasteiger partial charge in [-0.3, -0.25) is 4.79 Å². The van der Waals surface area contributed by atoms with Gasteiger partial charge in [-0.05, 0) is 38.8 Å². The van der Waals surface area contributed by atoms with Gasteiger partial charge in [-0.1, -0.05) is 6.07 Å². The summed E-state index contributed by atoms with van der Waals surface area (Å²) in [6.07, 6.45) is 1.61. The fraction of sp³-hybridized carbons (Fsp3) is 0.438. The zero-order valence-electron chi connectivity index (χ0n) is 13.1. The smallest absolute Gasteiger partial charge is 0.259 e. The number of benzene rings is 1. The minimum atomic E-state index is -0.829. The van der Waals surface area contributed by atoms with Crippen molar-refractivity contribution in [2.75, 3.05) is 13.1 Å². The fourth-order valence-electron chi connectivity index (χ4n) is 3.08. The van der Waals surface area contributed by atoms with Gasteiger partial charge in [0.05, 0.1) is 6.04 Å². The highest BCUT2D eigenvalue weighted by atomic mass is 19.1.